The van der Waals surface area contributed by atoms with Gasteiger partial charge in [0.25, 0.3) is 0 Å². The highest BCUT2D eigenvalue weighted by Gasteiger charge is 2.19. The van der Waals surface area contributed by atoms with Gasteiger partial charge in [-0.15, -0.1) is 0 Å². The largest absolute Gasteiger partial charge is 0.208 e. The first-order chi connectivity index (χ1) is 23.2. The van der Waals surface area contributed by atoms with Crippen molar-refractivity contribution in [2.75, 3.05) is 0 Å². The lowest BCUT2D eigenvalue weighted by atomic mass is 9.89. The Morgan fingerprint density at radius 1 is 0.340 bits per heavy atom. The zero-order chi connectivity index (χ0) is 31.3. The summed E-state index contributed by atoms with van der Waals surface area (Å²) in [6, 6.07) is 54.8. The molecule has 0 bridgehead atoms. The van der Waals surface area contributed by atoms with Crippen molar-refractivity contribution in [3.05, 3.63) is 163 Å². The van der Waals surface area contributed by atoms with Gasteiger partial charge in [0.15, 0.2) is 17.5 Å². The molecule has 220 valence electrons. The average Bonchev–Trinajstić information content (AvgIpc) is 3.15. The number of benzene rings is 8. The van der Waals surface area contributed by atoms with Gasteiger partial charge in [-0.2, -0.15) is 0 Å². The first-order valence-electron chi connectivity index (χ1n) is 15.6. The van der Waals surface area contributed by atoms with Crippen molar-refractivity contribution < 1.29 is 0 Å². The van der Waals surface area contributed by atoms with Gasteiger partial charge in [0.2, 0.25) is 0 Å². The van der Waals surface area contributed by atoms with Crippen molar-refractivity contribution in [1.29, 1.82) is 0 Å². The molecule has 0 atom stereocenters. The third-order valence-corrected chi connectivity index (χ3v) is 9.22. The van der Waals surface area contributed by atoms with Crippen molar-refractivity contribution in [3.63, 3.8) is 0 Å². The Morgan fingerprint density at radius 2 is 0.830 bits per heavy atom. The van der Waals surface area contributed by atoms with Gasteiger partial charge in [-0.1, -0.05) is 133 Å². The van der Waals surface area contributed by atoms with E-state index in [0.29, 0.717) is 22.5 Å². The summed E-state index contributed by atoms with van der Waals surface area (Å²) in [4.78, 5) is 15.2. The maximum Gasteiger partial charge on any atom is 0.164 e. The van der Waals surface area contributed by atoms with Crippen LogP contribution in [0.25, 0.3) is 88.4 Å². The highest BCUT2D eigenvalue weighted by Crippen LogP contribution is 2.42. The van der Waals surface area contributed by atoms with Gasteiger partial charge in [-0.3, -0.25) is 0 Å². The molecule has 9 rings (SSSR count). The van der Waals surface area contributed by atoms with E-state index in [4.69, 9.17) is 26.6 Å². The highest BCUT2D eigenvalue weighted by atomic mass is 35.5. The quantitative estimate of drug-likeness (QED) is 0.184. The summed E-state index contributed by atoms with van der Waals surface area (Å²) in [6.45, 7) is 0. The molecule has 0 amide bonds. The number of halogens is 1. The molecule has 47 heavy (non-hydrogen) atoms. The predicted molar refractivity (Wildman–Crippen MR) is 197 cm³/mol. The van der Waals surface area contributed by atoms with Gasteiger partial charge >= 0.3 is 0 Å². The summed E-state index contributed by atoms with van der Waals surface area (Å²) in [6.07, 6.45) is 0. The molecule has 0 spiro atoms. The fraction of sp³-hybridized carbons (Fsp3) is 0. The molecule has 0 unspecified atom stereocenters. The van der Waals surface area contributed by atoms with Crippen LogP contribution in [-0.4, -0.2) is 15.0 Å². The molecule has 8 aromatic carbocycles. The van der Waals surface area contributed by atoms with Gasteiger partial charge in [0.05, 0.1) is 0 Å². The molecule has 0 aliphatic carbocycles. The van der Waals surface area contributed by atoms with E-state index in [2.05, 4.69) is 103 Å². The number of hydrogen-bond acceptors (Lipinski definition) is 3. The van der Waals surface area contributed by atoms with Gasteiger partial charge in [0, 0.05) is 27.3 Å². The summed E-state index contributed by atoms with van der Waals surface area (Å²) in [7, 11) is 0. The highest BCUT2D eigenvalue weighted by molar-refractivity contribution is 6.30. The van der Waals surface area contributed by atoms with Crippen LogP contribution in [0.15, 0.2) is 158 Å². The summed E-state index contributed by atoms with van der Waals surface area (Å²) in [5, 5.41) is 10.4. The smallest absolute Gasteiger partial charge is 0.164 e. The van der Waals surface area contributed by atoms with Gasteiger partial charge in [0.1, 0.15) is 0 Å². The monoisotopic (exact) mass is 619 g/mol. The molecular weight excluding hydrogens is 594 g/mol. The second-order valence-corrected chi connectivity index (χ2v) is 12.2. The third-order valence-electron chi connectivity index (χ3n) is 8.97. The molecule has 0 fully saturated rings. The van der Waals surface area contributed by atoms with Gasteiger partial charge in [-0.25, -0.2) is 15.0 Å². The Hall–Kier alpha value is -5.90. The SMILES string of the molecule is Clc1ccc(-c2nc(-c3ccccc3)nc(-c3ccc4ccccc4c3-c3ccc4c5ccccc5c5ccccc5c4c3)n2)cc1. The van der Waals surface area contributed by atoms with Gasteiger partial charge in [-0.05, 0) is 85.1 Å². The van der Waals surface area contributed by atoms with E-state index < -0.39 is 0 Å². The van der Waals surface area contributed by atoms with Crippen LogP contribution in [0, 0.1) is 0 Å². The fourth-order valence-electron chi connectivity index (χ4n) is 6.77. The summed E-state index contributed by atoms with van der Waals surface area (Å²) < 4.78 is 0. The van der Waals surface area contributed by atoms with Gasteiger partial charge < -0.3 is 0 Å². The van der Waals surface area contributed by atoms with Crippen LogP contribution in [0.1, 0.15) is 0 Å². The van der Waals surface area contributed by atoms with Crippen LogP contribution < -0.4 is 0 Å². The third kappa shape index (κ3) is 4.72. The molecule has 0 saturated heterocycles. The zero-order valence-corrected chi connectivity index (χ0v) is 26.0. The lowest BCUT2D eigenvalue weighted by Crippen LogP contribution is -2.01. The van der Waals surface area contributed by atoms with E-state index in [9.17, 15) is 0 Å². The minimum atomic E-state index is 0.598. The first kappa shape index (κ1) is 27.4. The molecule has 0 N–H and O–H groups in total. The molecule has 0 radical (unpaired) electrons. The van der Waals surface area contributed by atoms with E-state index in [1.54, 1.807) is 0 Å². The molecule has 3 nitrogen and oxygen atoms in total. The second-order valence-electron chi connectivity index (χ2n) is 11.7. The lowest BCUT2D eigenvalue weighted by Gasteiger charge is -2.16. The first-order valence-corrected chi connectivity index (χ1v) is 16.0. The van der Waals surface area contributed by atoms with Crippen LogP contribution in [0.4, 0.5) is 0 Å². The second kappa shape index (κ2) is 11.2. The Bertz CT molecular complexity index is 2590. The molecule has 9 aromatic rings. The van der Waals surface area contributed by atoms with Crippen molar-refractivity contribution in [3.8, 4) is 45.3 Å². The molecular formula is C43H26ClN3. The summed E-state index contributed by atoms with van der Waals surface area (Å²) in [5.41, 5.74) is 4.95. The van der Waals surface area contributed by atoms with Crippen molar-refractivity contribution >= 4 is 54.7 Å². The van der Waals surface area contributed by atoms with E-state index in [1.165, 1.54) is 32.3 Å². The lowest BCUT2D eigenvalue weighted by molar-refractivity contribution is 1.07. The average molecular weight is 620 g/mol. The number of fused-ring (bicyclic) bond motifs is 7. The van der Waals surface area contributed by atoms with Crippen LogP contribution >= 0.6 is 11.6 Å². The van der Waals surface area contributed by atoms with Crippen molar-refractivity contribution in [2.45, 2.75) is 0 Å². The molecule has 0 aliphatic heterocycles. The molecule has 1 heterocycles. The number of aromatic nitrogens is 3. The number of rotatable bonds is 4. The molecule has 0 saturated carbocycles. The van der Waals surface area contributed by atoms with E-state index >= 15 is 0 Å². The summed E-state index contributed by atoms with van der Waals surface area (Å²) >= 11 is 6.25. The number of nitrogens with zero attached hydrogens (tertiary/aromatic N) is 3. The fourth-order valence-corrected chi connectivity index (χ4v) is 6.90. The maximum absolute atomic E-state index is 6.25. The summed E-state index contributed by atoms with van der Waals surface area (Å²) in [5.74, 6) is 1.84. The van der Waals surface area contributed by atoms with Crippen molar-refractivity contribution in [1.82, 2.24) is 15.0 Å². The minimum Gasteiger partial charge on any atom is -0.208 e. The molecule has 4 heteroatoms. The Balaban J connectivity index is 1.35. The maximum atomic E-state index is 6.25. The van der Waals surface area contributed by atoms with E-state index in [-0.39, 0.29) is 0 Å². The molecule has 1 aromatic heterocycles. The van der Waals surface area contributed by atoms with E-state index in [1.807, 2.05) is 54.6 Å². The predicted octanol–water partition coefficient (Wildman–Crippen LogP) is 11.8. The Labute approximate surface area is 276 Å². The number of hydrogen-bond donors (Lipinski definition) is 0. The van der Waals surface area contributed by atoms with Crippen LogP contribution in [0.3, 0.4) is 0 Å². The Kier molecular flexibility index (Phi) is 6.51. The Morgan fingerprint density at radius 3 is 1.49 bits per heavy atom. The van der Waals surface area contributed by atoms with Crippen LogP contribution in [-0.2, 0) is 0 Å². The minimum absolute atomic E-state index is 0.598. The van der Waals surface area contributed by atoms with Crippen LogP contribution in [0.2, 0.25) is 5.02 Å². The normalized spacial score (nSPS) is 11.5. The van der Waals surface area contributed by atoms with Crippen molar-refractivity contribution in [2.24, 2.45) is 0 Å². The standard InChI is InChI=1S/C43H26ClN3/c44-31-22-18-29(19-23-31)42-45-41(28-11-2-1-3-12-28)46-43(47-42)38-25-20-27-10-4-5-13-32(27)40(38)30-21-24-37-35-16-7-6-14-33(35)34-15-8-9-17-36(34)39(37)26-30/h1-26H. The zero-order valence-electron chi connectivity index (χ0n) is 25.2. The molecule has 0 aliphatic rings. The topological polar surface area (TPSA) is 38.7 Å². The van der Waals surface area contributed by atoms with Crippen LogP contribution in [0.5, 0.6) is 0 Å². The van der Waals surface area contributed by atoms with E-state index in [0.717, 1.165) is 38.6 Å².